The Hall–Kier alpha value is -0.0400. The van der Waals surface area contributed by atoms with Gasteiger partial charge in [-0.2, -0.15) is 0 Å². The Kier molecular flexibility index (Phi) is 8.46. The van der Waals surface area contributed by atoms with Crippen LogP contribution in [0.4, 0.5) is 0 Å². The summed E-state index contributed by atoms with van der Waals surface area (Å²) in [6, 6.07) is 0.655. The van der Waals surface area contributed by atoms with E-state index in [-0.39, 0.29) is 24.0 Å². The van der Waals surface area contributed by atoms with E-state index in [1.165, 1.54) is 51.6 Å². The molecule has 0 aromatic rings. The van der Waals surface area contributed by atoms with E-state index in [9.17, 15) is 0 Å². The van der Waals surface area contributed by atoms with E-state index in [4.69, 9.17) is 0 Å². The highest BCUT2D eigenvalue weighted by Crippen LogP contribution is 2.45. The molecule has 0 aromatic heterocycles. The molecule has 0 bridgehead atoms. The van der Waals surface area contributed by atoms with Crippen LogP contribution in [0.5, 0.6) is 0 Å². The number of hydrogen-bond acceptors (Lipinski definition) is 2. The molecule has 1 atom stereocenters. The fraction of sp³-hybridized carbons (Fsp3) is 0.941. The first-order chi connectivity index (χ1) is 10.1. The van der Waals surface area contributed by atoms with E-state index in [1.54, 1.807) is 0 Å². The van der Waals surface area contributed by atoms with Crippen LogP contribution in [0.3, 0.4) is 0 Å². The second kappa shape index (κ2) is 9.30. The zero-order valence-corrected chi connectivity index (χ0v) is 17.2. The largest absolute Gasteiger partial charge is 0.355 e. The van der Waals surface area contributed by atoms with Gasteiger partial charge in [0, 0.05) is 39.3 Å². The van der Waals surface area contributed by atoms with Gasteiger partial charge in [-0.15, -0.1) is 24.0 Å². The minimum absolute atomic E-state index is 0. The van der Waals surface area contributed by atoms with E-state index in [0.717, 1.165) is 19.0 Å². The molecule has 1 spiro atoms. The monoisotopic (exact) mass is 422 g/mol. The maximum absolute atomic E-state index is 4.50. The van der Waals surface area contributed by atoms with Gasteiger partial charge in [0.15, 0.2) is 5.96 Å². The molecule has 1 aliphatic heterocycles. The van der Waals surface area contributed by atoms with E-state index >= 15 is 0 Å². The number of nitrogens with one attached hydrogen (secondary N) is 1. The van der Waals surface area contributed by atoms with Gasteiger partial charge in [0.25, 0.3) is 0 Å². The molecular weight excluding hydrogens is 387 g/mol. The first kappa shape index (κ1) is 20.0. The molecule has 2 fully saturated rings. The maximum Gasteiger partial charge on any atom is 0.193 e. The van der Waals surface area contributed by atoms with Crippen LogP contribution in [0.15, 0.2) is 4.99 Å². The molecule has 1 unspecified atom stereocenters. The highest BCUT2D eigenvalue weighted by molar-refractivity contribution is 14.0. The van der Waals surface area contributed by atoms with Gasteiger partial charge >= 0.3 is 0 Å². The van der Waals surface area contributed by atoms with Gasteiger partial charge < -0.3 is 15.1 Å². The molecule has 1 heterocycles. The Bertz CT molecular complexity index is 353. The number of likely N-dealkylation sites (N-methyl/N-ethyl adjacent to an activating group) is 1. The lowest BCUT2D eigenvalue weighted by molar-refractivity contribution is 0.254. The minimum Gasteiger partial charge on any atom is -0.355 e. The highest BCUT2D eigenvalue weighted by atomic mass is 127. The lowest BCUT2D eigenvalue weighted by Crippen LogP contribution is -2.44. The molecular formula is C17H35IN4. The van der Waals surface area contributed by atoms with Gasteiger partial charge in [0.2, 0.25) is 0 Å². The summed E-state index contributed by atoms with van der Waals surface area (Å²) < 4.78 is 0. The summed E-state index contributed by atoms with van der Waals surface area (Å²) in [6.07, 6.45) is 8.29. The third-order valence-electron chi connectivity index (χ3n) is 5.70. The number of rotatable bonds is 5. The Balaban J connectivity index is 0.00000242. The molecule has 5 heteroatoms. The van der Waals surface area contributed by atoms with E-state index < -0.39 is 0 Å². The molecule has 0 aromatic carbocycles. The SMILES string of the molecule is CCC(C)N(C)CCNC(=NC)N1CCC2(CCCC2)C1.I. The summed E-state index contributed by atoms with van der Waals surface area (Å²) in [4.78, 5) is 9.40. The van der Waals surface area contributed by atoms with Crippen molar-refractivity contribution in [2.45, 2.75) is 58.4 Å². The smallest absolute Gasteiger partial charge is 0.193 e. The van der Waals surface area contributed by atoms with Crippen molar-refractivity contribution in [1.29, 1.82) is 0 Å². The third-order valence-corrected chi connectivity index (χ3v) is 5.70. The molecule has 0 amide bonds. The van der Waals surface area contributed by atoms with Crippen molar-refractivity contribution in [1.82, 2.24) is 15.1 Å². The quantitative estimate of drug-likeness (QED) is 0.420. The standard InChI is InChI=1S/C17H34N4.HI/c1-5-15(2)20(4)13-11-19-16(18-3)21-12-10-17(14-21)8-6-7-9-17;/h15H,5-14H2,1-4H3,(H,18,19);1H. The topological polar surface area (TPSA) is 30.9 Å². The summed E-state index contributed by atoms with van der Waals surface area (Å²) in [5.41, 5.74) is 0.616. The zero-order chi connectivity index (χ0) is 15.3. The number of hydrogen-bond donors (Lipinski definition) is 1. The predicted octanol–water partition coefficient (Wildman–Crippen LogP) is 3.18. The third kappa shape index (κ3) is 4.98. The van der Waals surface area contributed by atoms with Crippen LogP contribution in [0.2, 0.25) is 0 Å². The Labute approximate surface area is 154 Å². The second-order valence-electron chi connectivity index (χ2n) is 7.09. The van der Waals surface area contributed by atoms with Crippen LogP contribution in [-0.4, -0.2) is 62.1 Å². The molecule has 2 aliphatic rings. The van der Waals surface area contributed by atoms with Crippen LogP contribution in [-0.2, 0) is 0 Å². The van der Waals surface area contributed by atoms with Crippen molar-refractivity contribution < 1.29 is 0 Å². The van der Waals surface area contributed by atoms with Crippen molar-refractivity contribution >= 4 is 29.9 Å². The number of nitrogens with zero attached hydrogens (tertiary/aromatic N) is 3. The normalized spacial score (nSPS) is 22.2. The molecule has 1 N–H and O–H groups in total. The summed E-state index contributed by atoms with van der Waals surface area (Å²) in [5.74, 6) is 1.11. The molecule has 22 heavy (non-hydrogen) atoms. The van der Waals surface area contributed by atoms with Crippen LogP contribution in [0, 0.1) is 5.41 Å². The molecule has 1 aliphatic carbocycles. The van der Waals surface area contributed by atoms with E-state index in [2.05, 4.69) is 41.0 Å². The van der Waals surface area contributed by atoms with Gasteiger partial charge in [-0.3, -0.25) is 4.99 Å². The lowest BCUT2D eigenvalue weighted by Gasteiger charge is -2.27. The molecule has 130 valence electrons. The average molecular weight is 422 g/mol. The van der Waals surface area contributed by atoms with Crippen molar-refractivity contribution in [3.8, 4) is 0 Å². The average Bonchev–Trinajstić information content (AvgIpc) is 3.13. The number of likely N-dealkylation sites (tertiary alicyclic amines) is 1. The summed E-state index contributed by atoms with van der Waals surface area (Å²) >= 11 is 0. The molecule has 1 saturated heterocycles. The number of halogens is 1. The van der Waals surface area contributed by atoms with Crippen molar-refractivity contribution in [2.75, 3.05) is 40.3 Å². The number of guanidine groups is 1. The molecule has 2 rings (SSSR count). The van der Waals surface area contributed by atoms with Crippen molar-refractivity contribution in [3.63, 3.8) is 0 Å². The summed E-state index contributed by atoms with van der Waals surface area (Å²) in [5, 5.41) is 3.56. The van der Waals surface area contributed by atoms with Crippen LogP contribution in [0.25, 0.3) is 0 Å². The second-order valence-corrected chi connectivity index (χ2v) is 7.09. The minimum atomic E-state index is 0. The lowest BCUT2D eigenvalue weighted by atomic mass is 9.86. The van der Waals surface area contributed by atoms with Gasteiger partial charge in [0.05, 0.1) is 0 Å². The van der Waals surface area contributed by atoms with Gasteiger partial charge in [0.1, 0.15) is 0 Å². The number of aliphatic imine (C=N–C) groups is 1. The Morgan fingerprint density at radius 2 is 2.00 bits per heavy atom. The first-order valence-corrected chi connectivity index (χ1v) is 8.76. The van der Waals surface area contributed by atoms with E-state index in [0.29, 0.717) is 11.5 Å². The molecule has 4 nitrogen and oxygen atoms in total. The Morgan fingerprint density at radius 3 is 2.59 bits per heavy atom. The predicted molar refractivity (Wildman–Crippen MR) is 106 cm³/mol. The Morgan fingerprint density at radius 1 is 1.32 bits per heavy atom. The van der Waals surface area contributed by atoms with Crippen LogP contribution in [0.1, 0.15) is 52.4 Å². The maximum atomic E-state index is 4.50. The van der Waals surface area contributed by atoms with Crippen molar-refractivity contribution in [3.05, 3.63) is 0 Å². The first-order valence-electron chi connectivity index (χ1n) is 8.76. The van der Waals surface area contributed by atoms with Gasteiger partial charge in [-0.1, -0.05) is 19.8 Å². The molecule has 1 saturated carbocycles. The fourth-order valence-corrected chi connectivity index (χ4v) is 3.86. The van der Waals surface area contributed by atoms with E-state index in [1.807, 2.05) is 7.05 Å². The summed E-state index contributed by atoms with van der Waals surface area (Å²) in [6.45, 7) is 9.00. The van der Waals surface area contributed by atoms with Crippen LogP contribution >= 0.6 is 24.0 Å². The van der Waals surface area contributed by atoms with Crippen molar-refractivity contribution in [2.24, 2.45) is 10.4 Å². The zero-order valence-electron chi connectivity index (χ0n) is 14.9. The molecule has 0 radical (unpaired) electrons. The van der Waals surface area contributed by atoms with Gasteiger partial charge in [-0.25, -0.2) is 0 Å². The fourth-order valence-electron chi connectivity index (χ4n) is 3.86. The van der Waals surface area contributed by atoms with Crippen LogP contribution < -0.4 is 5.32 Å². The summed E-state index contributed by atoms with van der Waals surface area (Å²) in [7, 11) is 4.13. The highest BCUT2D eigenvalue weighted by Gasteiger charge is 2.40. The van der Waals surface area contributed by atoms with Gasteiger partial charge in [-0.05, 0) is 45.1 Å².